The molecule has 6 rings (SSSR count). The lowest BCUT2D eigenvalue weighted by Gasteiger charge is -2.39. The van der Waals surface area contributed by atoms with Gasteiger partial charge in [0.05, 0.1) is 22.8 Å². The third kappa shape index (κ3) is 1.96. The Hall–Kier alpha value is -2.75. The summed E-state index contributed by atoms with van der Waals surface area (Å²) in [5.41, 5.74) is 12.8. The second-order valence-electron chi connectivity index (χ2n) is 6.71. The van der Waals surface area contributed by atoms with E-state index < -0.39 is 0 Å². The standard InChI is InChI=1S/C20H20N4/c21-16-8-6-15(7-9-16)19-20-18(14-10-12-23(20)13-11-14)22-24(19)17-4-2-1-3-5-17/h1-9,14H,10-13,21H2. The Morgan fingerprint density at radius 3 is 2.33 bits per heavy atom. The maximum Gasteiger partial charge on any atom is 0.0977 e. The van der Waals surface area contributed by atoms with Gasteiger partial charge in [0.15, 0.2) is 0 Å². The maximum atomic E-state index is 5.89. The van der Waals surface area contributed by atoms with Crippen LogP contribution in [0.15, 0.2) is 54.6 Å². The topological polar surface area (TPSA) is 47.1 Å². The molecule has 0 spiro atoms. The molecular formula is C20H20N4. The highest BCUT2D eigenvalue weighted by molar-refractivity contribution is 5.81. The number of aromatic nitrogens is 2. The molecule has 1 aromatic heterocycles. The van der Waals surface area contributed by atoms with Gasteiger partial charge >= 0.3 is 0 Å². The molecule has 0 amide bonds. The first-order valence-corrected chi connectivity index (χ1v) is 8.60. The van der Waals surface area contributed by atoms with Gasteiger partial charge in [-0.15, -0.1) is 0 Å². The van der Waals surface area contributed by atoms with Gasteiger partial charge in [-0.1, -0.05) is 30.3 Å². The third-order valence-electron chi connectivity index (χ3n) is 5.27. The summed E-state index contributed by atoms with van der Waals surface area (Å²) in [5, 5.41) is 5.05. The number of rotatable bonds is 2. The number of nitrogens with two attached hydrogens (primary N) is 1. The second-order valence-corrected chi connectivity index (χ2v) is 6.71. The SMILES string of the molecule is Nc1ccc(-c2c3c(nn2-c2ccccc2)C2CCN3CC2)cc1. The Morgan fingerprint density at radius 2 is 1.62 bits per heavy atom. The van der Waals surface area contributed by atoms with Crippen molar-refractivity contribution in [3.63, 3.8) is 0 Å². The van der Waals surface area contributed by atoms with Crippen LogP contribution < -0.4 is 10.6 Å². The minimum absolute atomic E-state index is 0.600. The molecule has 2 bridgehead atoms. The molecule has 2 aromatic carbocycles. The summed E-state index contributed by atoms with van der Waals surface area (Å²) in [6.07, 6.45) is 2.44. The van der Waals surface area contributed by atoms with Gasteiger partial charge in [-0.25, -0.2) is 4.68 Å². The lowest BCUT2D eigenvalue weighted by molar-refractivity contribution is 0.465. The number of fused-ring (bicyclic) bond motifs is 2. The first kappa shape index (κ1) is 13.7. The number of piperidine rings is 1. The highest BCUT2D eigenvalue weighted by atomic mass is 15.3. The number of benzene rings is 2. The first-order chi connectivity index (χ1) is 11.8. The van der Waals surface area contributed by atoms with Gasteiger partial charge in [0.1, 0.15) is 0 Å². The molecule has 4 heteroatoms. The number of anilines is 2. The van der Waals surface area contributed by atoms with Crippen LogP contribution in [0.1, 0.15) is 24.5 Å². The van der Waals surface area contributed by atoms with Crippen LogP contribution in [-0.4, -0.2) is 22.9 Å². The normalized spacial score (nSPS) is 16.4. The van der Waals surface area contributed by atoms with Gasteiger partial charge in [-0.2, -0.15) is 5.10 Å². The Labute approximate surface area is 141 Å². The van der Waals surface area contributed by atoms with Crippen molar-refractivity contribution < 1.29 is 0 Å². The molecule has 0 unspecified atom stereocenters. The Balaban J connectivity index is 1.78. The molecule has 1 saturated heterocycles. The molecule has 0 atom stereocenters. The van der Waals surface area contributed by atoms with E-state index in [0.29, 0.717) is 5.92 Å². The number of nitrogens with zero attached hydrogens (tertiary/aromatic N) is 3. The van der Waals surface area contributed by atoms with E-state index in [2.05, 4.69) is 46.0 Å². The monoisotopic (exact) mass is 316 g/mol. The summed E-state index contributed by atoms with van der Waals surface area (Å²) < 4.78 is 2.12. The summed E-state index contributed by atoms with van der Waals surface area (Å²) in [5.74, 6) is 0.600. The van der Waals surface area contributed by atoms with E-state index in [4.69, 9.17) is 10.8 Å². The number of para-hydroxylation sites is 1. The van der Waals surface area contributed by atoms with Gasteiger partial charge in [0, 0.05) is 30.3 Å². The Bertz CT molecular complexity index is 872. The fourth-order valence-electron chi connectivity index (χ4n) is 4.05. The first-order valence-electron chi connectivity index (χ1n) is 8.60. The van der Waals surface area contributed by atoms with Crippen LogP contribution in [0, 0.1) is 0 Å². The van der Waals surface area contributed by atoms with Gasteiger partial charge in [0.25, 0.3) is 0 Å². The second kappa shape index (κ2) is 5.13. The van der Waals surface area contributed by atoms with Crippen LogP contribution in [0.3, 0.4) is 0 Å². The predicted octanol–water partition coefficient (Wildman–Crippen LogP) is 3.82. The fourth-order valence-corrected chi connectivity index (χ4v) is 4.05. The molecular weight excluding hydrogens is 296 g/mol. The van der Waals surface area contributed by atoms with Crippen LogP contribution >= 0.6 is 0 Å². The number of hydrogen-bond donors (Lipinski definition) is 1. The molecule has 2 N–H and O–H groups in total. The van der Waals surface area contributed by atoms with Crippen LogP contribution in [0.5, 0.6) is 0 Å². The minimum Gasteiger partial charge on any atom is -0.399 e. The molecule has 4 nitrogen and oxygen atoms in total. The van der Waals surface area contributed by atoms with Crippen molar-refractivity contribution in [3.05, 3.63) is 60.3 Å². The number of nitrogen functional groups attached to an aromatic ring is 1. The molecule has 24 heavy (non-hydrogen) atoms. The zero-order valence-electron chi connectivity index (χ0n) is 13.5. The predicted molar refractivity (Wildman–Crippen MR) is 97.6 cm³/mol. The summed E-state index contributed by atoms with van der Waals surface area (Å²) in [7, 11) is 0. The lowest BCUT2D eigenvalue weighted by Crippen LogP contribution is -2.38. The van der Waals surface area contributed by atoms with E-state index in [-0.39, 0.29) is 0 Å². The van der Waals surface area contributed by atoms with Crippen molar-refractivity contribution in [2.75, 3.05) is 23.7 Å². The van der Waals surface area contributed by atoms with Crippen molar-refractivity contribution >= 4 is 11.4 Å². The Morgan fingerprint density at radius 1 is 0.917 bits per heavy atom. The van der Waals surface area contributed by atoms with Gasteiger partial charge in [-0.05, 0) is 37.1 Å². The van der Waals surface area contributed by atoms with Crippen molar-refractivity contribution in [1.29, 1.82) is 0 Å². The summed E-state index contributed by atoms with van der Waals surface area (Å²) in [6, 6.07) is 18.6. The van der Waals surface area contributed by atoms with Crippen molar-refractivity contribution in [1.82, 2.24) is 9.78 Å². The lowest BCUT2D eigenvalue weighted by atomic mass is 9.86. The van der Waals surface area contributed by atoms with E-state index in [1.165, 1.54) is 35.5 Å². The quantitative estimate of drug-likeness (QED) is 0.731. The van der Waals surface area contributed by atoms with E-state index in [1.807, 2.05) is 18.2 Å². The average molecular weight is 316 g/mol. The van der Waals surface area contributed by atoms with E-state index >= 15 is 0 Å². The van der Waals surface area contributed by atoms with E-state index in [9.17, 15) is 0 Å². The average Bonchev–Trinajstić information content (AvgIpc) is 3.07. The molecule has 1 fully saturated rings. The smallest absolute Gasteiger partial charge is 0.0977 e. The van der Waals surface area contributed by atoms with Gasteiger partial charge < -0.3 is 10.6 Å². The summed E-state index contributed by atoms with van der Waals surface area (Å²) >= 11 is 0. The zero-order chi connectivity index (χ0) is 16.1. The van der Waals surface area contributed by atoms with Crippen LogP contribution in [0.2, 0.25) is 0 Å². The maximum absolute atomic E-state index is 5.89. The molecule has 3 aliphatic rings. The van der Waals surface area contributed by atoms with Gasteiger partial charge in [0.2, 0.25) is 0 Å². The third-order valence-corrected chi connectivity index (χ3v) is 5.27. The van der Waals surface area contributed by atoms with E-state index in [1.54, 1.807) is 0 Å². The van der Waals surface area contributed by atoms with Crippen molar-refractivity contribution in [2.24, 2.45) is 0 Å². The molecule has 0 saturated carbocycles. The fraction of sp³-hybridized carbons (Fsp3) is 0.250. The zero-order valence-corrected chi connectivity index (χ0v) is 13.5. The molecule has 3 aromatic rings. The molecule has 3 aliphatic heterocycles. The molecule has 120 valence electrons. The van der Waals surface area contributed by atoms with Gasteiger partial charge in [-0.3, -0.25) is 0 Å². The van der Waals surface area contributed by atoms with Crippen LogP contribution in [-0.2, 0) is 0 Å². The molecule has 4 heterocycles. The van der Waals surface area contributed by atoms with Crippen LogP contribution in [0.25, 0.3) is 16.9 Å². The van der Waals surface area contributed by atoms with Crippen LogP contribution in [0.4, 0.5) is 11.4 Å². The number of hydrogen-bond acceptors (Lipinski definition) is 3. The van der Waals surface area contributed by atoms with Crippen molar-refractivity contribution in [2.45, 2.75) is 18.8 Å². The highest BCUT2D eigenvalue weighted by Gasteiger charge is 2.37. The van der Waals surface area contributed by atoms with E-state index in [0.717, 1.165) is 24.5 Å². The largest absolute Gasteiger partial charge is 0.399 e. The van der Waals surface area contributed by atoms with Crippen molar-refractivity contribution in [3.8, 4) is 16.9 Å². The summed E-state index contributed by atoms with van der Waals surface area (Å²) in [6.45, 7) is 2.28. The summed E-state index contributed by atoms with van der Waals surface area (Å²) in [4.78, 5) is 2.51. The highest BCUT2D eigenvalue weighted by Crippen LogP contribution is 2.47. The molecule has 0 radical (unpaired) electrons. The molecule has 0 aliphatic carbocycles. The Kier molecular flexibility index (Phi) is 2.92. The minimum atomic E-state index is 0.600.